The number of carboxylic acids is 1. The first-order chi connectivity index (χ1) is 6.74. The van der Waals surface area contributed by atoms with Crippen LogP contribution in [-0.2, 0) is 11.2 Å². The largest absolute Gasteiger partial charge is 0.496 e. The van der Waals surface area contributed by atoms with Crippen molar-refractivity contribution < 1.29 is 14.6 Å². The van der Waals surface area contributed by atoms with Gasteiger partial charge >= 0.3 is 5.97 Å². The molecule has 1 atom stereocenters. The molecule has 1 N–H and O–H groups in total. The first-order valence-electron chi connectivity index (χ1n) is 4.62. The van der Waals surface area contributed by atoms with Crippen LogP contribution in [0.2, 0.25) is 0 Å². The molecule has 1 aromatic rings. The Hall–Kier alpha value is -1.51. The van der Waals surface area contributed by atoms with Gasteiger partial charge in [-0.25, -0.2) is 0 Å². The van der Waals surface area contributed by atoms with E-state index in [0.717, 1.165) is 17.5 Å². The molecule has 0 bridgehead atoms. The van der Waals surface area contributed by atoms with Crippen LogP contribution in [0.1, 0.15) is 23.5 Å². The van der Waals surface area contributed by atoms with Crippen molar-refractivity contribution in [1.82, 2.24) is 0 Å². The smallest absolute Gasteiger partial charge is 0.311 e. The molecule has 2 rings (SSSR count). The van der Waals surface area contributed by atoms with Gasteiger partial charge in [-0.15, -0.1) is 0 Å². The van der Waals surface area contributed by atoms with Gasteiger partial charge < -0.3 is 9.84 Å². The van der Waals surface area contributed by atoms with Gasteiger partial charge in [0.25, 0.3) is 0 Å². The number of ether oxygens (including phenoxy) is 1. The molecule has 0 aliphatic heterocycles. The van der Waals surface area contributed by atoms with E-state index in [-0.39, 0.29) is 5.92 Å². The number of rotatable bonds is 2. The topological polar surface area (TPSA) is 46.5 Å². The lowest BCUT2D eigenvalue weighted by atomic mass is 10.0. The van der Waals surface area contributed by atoms with E-state index in [1.807, 2.05) is 18.2 Å². The summed E-state index contributed by atoms with van der Waals surface area (Å²) in [4.78, 5) is 11.0. The molecule has 1 aliphatic carbocycles. The molecule has 0 saturated carbocycles. The Bertz CT molecular complexity index is 371. The van der Waals surface area contributed by atoms with Crippen molar-refractivity contribution in [2.75, 3.05) is 7.11 Å². The number of hydrogen-bond donors (Lipinski definition) is 1. The molecular weight excluding hydrogens is 180 g/mol. The van der Waals surface area contributed by atoms with Gasteiger partial charge in [-0.3, -0.25) is 4.79 Å². The Morgan fingerprint density at radius 2 is 2.36 bits per heavy atom. The molecule has 1 aromatic carbocycles. The number of benzene rings is 1. The Balaban J connectivity index is 2.50. The zero-order chi connectivity index (χ0) is 10.1. The maximum atomic E-state index is 11.0. The summed E-state index contributed by atoms with van der Waals surface area (Å²) < 4.78 is 5.17. The van der Waals surface area contributed by atoms with Gasteiger partial charge in [0, 0.05) is 5.56 Å². The fraction of sp³-hybridized carbons (Fsp3) is 0.364. The highest BCUT2D eigenvalue weighted by Gasteiger charge is 2.31. The Morgan fingerprint density at radius 3 is 3.00 bits per heavy atom. The highest BCUT2D eigenvalue weighted by molar-refractivity contribution is 5.79. The Kier molecular flexibility index (Phi) is 2.15. The van der Waals surface area contributed by atoms with Gasteiger partial charge in [-0.1, -0.05) is 12.1 Å². The Morgan fingerprint density at radius 1 is 1.57 bits per heavy atom. The standard InChI is InChI=1S/C11H12O3/c1-14-9-4-2-3-7-5-6-8(10(7)9)11(12)13/h2-4,8H,5-6H2,1H3,(H,12,13)/t8-/m0/s1. The van der Waals surface area contributed by atoms with Crippen LogP contribution in [-0.4, -0.2) is 18.2 Å². The monoisotopic (exact) mass is 192 g/mol. The summed E-state index contributed by atoms with van der Waals surface area (Å²) in [6.07, 6.45) is 1.52. The van der Waals surface area contributed by atoms with Gasteiger partial charge in [0.15, 0.2) is 0 Å². The number of hydrogen-bond acceptors (Lipinski definition) is 2. The molecule has 0 spiro atoms. The summed E-state index contributed by atoms with van der Waals surface area (Å²) in [5.41, 5.74) is 1.97. The average Bonchev–Trinajstić information content (AvgIpc) is 2.60. The van der Waals surface area contributed by atoms with Crippen LogP contribution in [0.5, 0.6) is 5.75 Å². The molecule has 0 saturated heterocycles. The van der Waals surface area contributed by atoms with E-state index < -0.39 is 5.97 Å². The van der Waals surface area contributed by atoms with Crippen molar-refractivity contribution in [3.63, 3.8) is 0 Å². The van der Waals surface area contributed by atoms with Gasteiger partial charge in [-0.05, 0) is 24.5 Å². The third-order valence-corrected chi connectivity index (χ3v) is 2.73. The predicted octanol–water partition coefficient (Wildman–Crippen LogP) is 1.81. The minimum Gasteiger partial charge on any atom is -0.496 e. The van der Waals surface area contributed by atoms with Crippen LogP contribution < -0.4 is 4.74 Å². The summed E-state index contributed by atoms with van der Waals surface area (Å²) in [7, 11) is 1.58. The SMILES string of the molecule is COc1cccc2c1[C@@H](C(=O)O)CC2. The van der Waals surface area contributed by atoms with Crippen LogP contribution in [0.25, 0.3) is 0 Å². The van der Waals surface area contributed by atoms with Crippen molar-refractivity contribution in [3.8, 4) is 5.75 Å². The molecule has 0 amide bonds. The third-order valence-electron chi connectivity index (χ3n) is 2.73. The maximum absolute atomic E-state index is 11.0. The van der Waals surface area contributed by atoms with Gasteiger partial charge in [0.1, 0.15) is 5.75 Å². The van der Waals surface area contributed by atoms with E-state index >= 15 is 0 Å². The molecule has 3 heteroatoms. The molecule has 0 fully saturated rings. The van der Waals surface area contributed by atoms with Crippen LogP contribution in [0.15, 0.2) is 18.2 Å². The molecule has 3 nitrogen and oxygen atoms in total. The minimum atomic E-state index is -0.756. The predicted molar refractivity (Wildman–Crippen MR) is 51.7 cm³/mol. The minimum absolute atomic E-state index is 0.388. The van der Waals surface area contributed by atoms with Crippen molar-refractivity contribution >= 4 is 5.97 Å². The zero-order valence-corrected chi connectivity index (χ0v) is 7.99. The number of fused-ring (bicyclic) bond motifs is 1. The second-order valence-corrected chi connectivity index (χ2v) is 3.46. The number of carboxylic acid groups (broad SMARTS) is 1. The lowest BCUT2D eigenvalue weighted by Crippen LogP contribution is -2.08. The lowest BCUT2D eigenvalue weighted by Gasteiger charge is -2.10. The second-order valence-electron chi connectivity index (χ2n) is 3.46. The Labute approximate surface area is 82.3 Å². The number of aryl methyl sites for hydroxylation is 1. The number of methoxy groups -OCH3 is 1. The summed E-state index contributed by atoms with van der Waals surface area (Å²) in [6.45, 7) is 0. The van der Waals surface area contributed by atoms with Crippen LogP contribution in [0.3, 0.4) is 0 Å². The lowest BCUT2D eigenvalue weighted by molar-refractivity contribution is -0.138. The first kappa shape index (κ1) is 9.06. The summed E-state index contributed by atoms with van der Waals surface area (Å²) in [5.74, 6) is -0.443. The first-order valence-corrected chi connectivity index (χ1v) is 4.62. The molecule has 74 valence electrons. The molecular formula is C11H12O3. The maximum Gasteiger partial charge on any atom is 0.311 e. The van der Waals surface area contributed by atoms with Crippen molar-refractivity contribution in [1.29, 1.82) is 0 Å². The van der Waals surface area contributed by atoms with E-state index in [4.69, 9.17) is 9.84 Å². The highest BCUT2D eigenvalue weighted by atomic mass is 16.5. The van der Waals surface area contributed by atoms with Crippen molar-refractivity contribution in [3.05, 3.63) is 29.3 Å². The fourth-order valence-corrected chi connectivity index (χ4v) is 2.07. The molecule has 0 aromatic heterocycles. The molecule has 0 heterocycles. The zero-order valence-electron chi connectivity index (χ0n) is 7.99. The van der Waals surface area contributed by atoms with Crippen LogP contribution >= 0.6 is 0 Å². The molecule has 14 heavy (non-hydrogen) atoms. The average molecular weight is 192 g/mol. The second kappa shape index (κ2) is 3.33. The van der Waals surface area contributed by atoms with E-state index in [9.17, 15) is 4.79 Å². The molecule has 0 unspecified atom stereocenters. The van der Waals surface area contributed by atoms with Gasteiger partial charge in [0.05, 0.1) is 13.0 Å². The summed E-state index contributed by atoms with van der Waals surface area (Å²) in [6, 6.07) is 5.70. The summed E-state index contributed by atoms with van der Waals surface area (Å²) in [5, 5.41) is 9.02. The molecule has 0 radical (unpaired) electrons. The van der Waals surface area contributed by atoms with Gasteiger partial charge in [0.2, 0.25) is 0 Å². The van der Waals surface area contributed by atoms with Crippen LogP contribution in [0, 0.1) is 0 Å². The van der Waals surface area contributed by atoms with E-state index in [0.29, 0.717) is 12.2 Å². The van der Waals surface area contributed by atoms with Gasteiger partial charge in [-0.2, -0.15) is 0 Å². The van der Waals surface area contributed by atoms with Crippen molar-refractivity contribution in [2.45, 2.75) is 18.8 Å². The van der Waals surface area contributed by atoms with E-state index in [1.54, 1.807) is 7.11 Å². The molecule has 1 aliphatic rings. The van der Waals surface area contributed by atoms with E-state index in [2.05, 4.69) is 0 Å². The number of carbonyl (C=O) groups is 1. The highest BCUT2D eigenvalue weighted by Crippen LogP contribution is 2.39. The third kappa shape index (κ3) is 1.25. The quantitative estimate of drug-likeness (QED) is 0.777. The fourth-order valence-electron chi connectivity index (χ4n) is 2.07. The number of aliphatic carboxylic acids is 1. The van der Waals surface area contributed by atoms with Crippen molar-refractivity contribution in [2.24, 2.45) is 0 Å². The normalized spacial score (nSPS) is 19.1. The van der Waals surface area contributed by atoms with Crippen LogP contribution in [0.4, 0.5) is 0 Å². The van der Waals surface area contributed by atoms with E-state index in [1.165, 1.54) is 0 Å². The summed E-state index contributed by atoms with van der Waals surface area (Å²) >= 11 is 0.